The minimum atomic E-state index is -0.838. The van der Waals surface area contributed by atoms with E-state index < -0.39 is 18.0 Å². The molecule has 1 atom stereocenters. The first-order valence-corrected chi connectivity index (χ1v) is 12.7. The van der Waals surface area contributed by atoms with E-state index in [1.165, 1.54) is 32.1 Å². The summed E-state index contributed by atoms with van der Waals surface area (Å²) in [5.74, 6) is -1.11. The molecule has 0 aliphatic rings. The Labute approximate surface area is 204 Å². The van der Waals surface area contributed by atoms with E-state index in [1.807, 2.05) is 30.3 Å². The van der Waals surface area contributed by atoms with Gasteiger partial charge in [0.25, 0.3) is 0 Å². The summed E-state index contributed by atoms with van der Waals surface area (Å²) in [5.41, 5.74) is 0.896. The lowest BCUT2D eigenvalue weighted by Gasteiger charge is -2.17. The average Bonchev–Trinajstić information content (AvgIpc) is 2.84. The van der Waals surface area contributed by atoms with Gasteiger partial charge in [-0.3, -0.25) is 9.59 Å². The van der Waals surface area contributed by atoms with Crippen LogP contribution in [0.3, 0.4) is 0 Å². The molecular formula is C27H43NO6. The number of hydrogen-bond donors (Lipinski definition) is 1. The molecule has 0 spiro atoms. The van der Waals surface area contributed by atoms with E-state index in [0.717, 1.165) is 37.9 Å². The molecule has 7 heteroatoms. The van der Waals surface area contributed by atoms with Crippen molar-refractivity contribution in [2.45, 2.75) is 96.6 Å². The minimum absolute atomic E-state index is 0.0298. The zero-order chi connectivity index (χ0) is 24.9. The summed E-state index contributed by atoms with van der Waals surface area (Å²) >= 11 is 0. The third-order valence-electron chi connectivity index (χ3n) is 5.54. The Kier molecular flexibility index (Phi) is 17.4. The predicted octanol–water partition coefficient (Wildman–Crippen LogP) is 5.11. The van der Waals surface area contributed by atoms with Gasteiger partial charge >= 0.3 is 11.9 Å². The van der Waals surface area contributed by atoms with Gasteiger partial charge in [-0.1, -0.05) is 75.3 Å². The maximum Gasteiger partial charge on any atom is 0.328 e. The monoisotopic (exact) mass is 477 g/mol. The molecule has 0 unspecified atom stereocenters. The van der Waals surface area contributed by atoms with Crippen molar-refractivity contribution in [3.05, 3.63) is 35.9 Å². The first kappa shape index (κ1) is 29.6. The van der Waals surface area contributed by atoms with Crippen molar-refractivity contribution < 1.29 is 28.6 Å². The molecule has 1 aromatic rings. The fourth-order valence-corrected chi connectivity index (χ4v) is 3.60. The van der Waals surface area contributed by atoms with Crippen LogP contribution in [0.1, 0.15) is 89.5 Å². The van der Waals surface area contributed by atoms with Crippen LogP contribution in [0.5, 0.6) is 0 Å². The van der Waals surface area contributed by atoms with Crippen molar-refractivity contribution in [1.82, 2.24) is 5.32 Å². The number of methoxy groups -OCH3 is 1. The maximum atomic E-state index is 12.3. The summed E-state index contributed by atoms with van der Waals surface area (Å²) in [6, 6.07) is 8.56. The van der Waals surface area contributed by atoms with Gasteiger partial charge in [0.2, 0.25) is 5.91 Å². The molecule has 0 fully saturated rings. The molecular weight excluding hydrogens is 434 g/mol. The van der Waals surface area contributed by atoms with Crippen molar-refractivity contribution in [2.24, 2.45) is 0 Å². The molecule has 0 saturated heterocycles. The van der Waals surface area contributed by atoms with Crippen molar-refractivity contribution in [1.29, 1.82) is 0 Å². The van der Waals surface area contributed by atoms with E-state index in [1.54, 1.807) is 14.0 Å². The molecule has 7 nitrogen and oxygen atoms in total. The average molecular weight is 478 g/mol. The number of carbonyl (C=O) groups excluding carboxylic acids is 3. The number of unbranched alkanes of at least 4 members (excludes halogenated alkanes) is 8. The molecule has 192 valence electrons. The normalized spacial score (nSPS) is 11.6. The van der Waals surface area contributed by atoms with Gasteiger partial charge in [-0.15, -0.1) is 0 Å². The number of hydrogen-bond acceptors (Lipinski definition) is 6. The van der Waals surface area contributed by atoms with Gasteiger partial charge in [0.15, 0.2) is 0 Å². The number of amides is 1. The first-order valence-electron chi connectivity index (χ1n) is 12.7. The molecule has 1 aromatic carbocycles. The molecule has 0 heterocycles. The van der Waals surface area contributed by atoms with E-state index in [4.69, 9.17) is 14.2 Å². The van der Waals surface area contributed by atoms with E-state index in [9.17, 15) is 14.4 Å². The Morgan fingerprint density at radius 3 is 2.06 bits per heavy atom. The molecule has 0 aliphatic carbocycles. The Balaban J connectivity index is 2.22. The van der Waals surface area contributed by atoms with Crippen LogP contribution in [0.2, 0.25) is 0 Å². The molecule has 1 amide bonds. The zero-order valence-corrected chi connectivity index (χ0v) is 21.0. The van der Waals surface area contributed by atoms with Gasteiger partial charge in [-0.2, -0.15) is 0 Å². The summed E-state index contributed by atoms with van der Waals surface area (Å²) in [6.07, 6.45) is 10.7. The third-order valence-corrected chi connectivity index (χ3v) is 5.54. The fourth-order valence-electron chi connectivity index (χ4n) is 3.60. The highest BCUT2D eigenvalue weighted by Crippen LogP contribution is 2.11. The van der Waals surface area contributed by atoms with Crippen molar-refractivity contribution >= 4 is 17.8 Å². The zero-order valence-electron chi connectivity index (χ0n) is 21.0. The minimum Gasteiger partial charge on any atom is -0.464 e. The lowest BCUT2D eigenvalue weighted by molar-refractivity contribution is -0.149. The third kappa shape index (κ3) is 15.4. The van der Waals surface area contributed by atoms with Gasteiger partial charge in [-0.05, 0) is 31.7 Å². The molecule has 0 saturated carbocycles. The number of ether oxygens (including phenoxy) is 3. The van der Waals surface area contributed by atoms with Crippen LogP contribution in [-0.2, 0) is 35.2 Å². The first-order chi connectivity index (χ1) is 16.6. The van der Waals surface area contributed by atoms with Gasteiger partial charge in [0, 0.05) is 26.6 Å². The Bertz CT molecular complexity index is 679. The molecule has 1 rings (SSSR count). The van der Waals surface area contributed by atoms with Crippen LogP contribution in [0.4, 0.5) is 0 Å². The number of carbonyl (C=O) groups is 3. The molecule has 0 aliphatic heterocycles. The van der Waals surface area contributed by atoms with E-state index >= 15 is 0 Å². The molecule has 0 aromatic heterocycles. The number of nitrogens with one attached hydrogen (secondary N) is 1. The maximum absolute atomic E-state index is 12.3. The van der Waals surface area contributed by atoms with E-state index in [-0.39, 0.29) is 32.0 Å². The second-order valence-corrected chi connectivity index (χ2v) is 8.48. The highest BCUT2D eigenvalue weighted by molar-refractivity contribution is 5.84. The van der Waals surface area contributed by atoms with Crippen molar-refractivity contribution in [3.8, 4) is 0 Å². The van der Waals surface area contributed by atoms with Crippen LogP contribution in [0, 0.1) is 0 Å². The Hall–Kier alpha value is -2.41. The number of esters is 2. The van der Waals surface area contributed by atoms with Crippen LogP contribution in [-0.4, -0.2) is 44.2 Å². The van der Waals surface area contributed by atoms with Crippen molar-refractivity contribution in [2.75, 3.05) is 20.3 Å². The predicted molar refractivity (Wildman–Crippen MR) is 132 cm³/mol. The van der Waals surface area contributed by atoms with Crippen LogP contribution in [0.25, 0.3) is 0 Å². The van der Waals surface area contributed by atoms with E-state index in [2.05, 4.69) is 5.32 Å². The SMILES string of the molecule is CCOC(=O)[C@H](CCC(=O)OCc1ccccc1)NC(=O)CCCCCCCCCCCOC. The standard InChI is InChI=1S/C27H43NO6/c1-3-33-27(31)24(19-20-26(30)34-22-23-16-12-11-13-17-23)28-25(29)18-14-9-7-5-4-6-8-10-15-21-32-2/h11-13,16-17,24H,3-10,14-15,18-22H2,1-2H3,(H,28,29)/t24-/m0/s1. The van der Waals surface area contributed by atoms with Crippen LogP contribution < -0.4 is 5.32 Å². The Morgan fingerprint density at radius 2 is 1.44 bits per heavy atom. The largest absolute Gasteiger partial charge is 0.464 e. The number of rotatable bonds is 20. The van der Waals surface area contributed by atoms with Gasteiger partial charge in [0.05, 0.1) is 6.61 Å². The van der Waals surface area contributed by atoms with Crippen LogP contribution >= 0.6 is 0 Å². The quantitative estimate of drug-likeness (QED) is 0.207. The Morgan fingerprint density at radius 1 is 0.824 bits per heavy atom. The highest BCUT2D eigenvalue weighted by Gasteiger charge is 2.23. The lowest BCUT2D eigenvalue weighted by Crippen LogP contribution is -2.42. The van der Waals surface area contributed by atoms with Crippen molar-refractivity contribution in [3.63, 3.8) is 0 Å². The van der Waals surface area contributed by atoms with E-state index in [0.29, 0.717) is 6.42 Å². The summed E-state index contributed by atoms with van der Waals surface area (Å²) in [4.78, 5) is 36.6. The fraction of sp³-hybridized carbons (Fsp3) is 0.667. The topological polar surface area (TPSA) is 90.9 Å². The molecule has 34 heavy (non-hydrogen) atoms. The second kappa shape index (κ2) is 20.0. The van der Waals surface area contributed by atoms with Crippen LogP contribution in [0.15, 0.2) is 30.3 Å². The smallest absolute Gasteiger partial charge is 0.328 e. The second-order valence-electron chi connectivity index (χ2n) is 8.48. The summed E-state index contributed by atoms with van der Waals surface area (Å²) in [6.45, 7) is 2.96. The molecule has 0 bridgehead atoms. The van der Waals surface area contributed by atoms with Gasteiger partial charge in [-0.25, -0.2) is 4.79 Å². The molecule has 1 N–H and O–H groups in total. The summed E-state index contributed by atoms with van der Waals surface area (Å²) in [5, 5.41) is 2.73. The highest BCUT2D eigenvalue weighted by atomic mass is 16.5. The number of benzene rings is 1. The van der Waals surface area contributed by atoms with Gasteiger partial charge < -0.3 is 19.5 Å². The summed E-state index contributed by atoms with van der Waals surface area (Å²) in [7, 11) is 1.74. The molecule has 0 radical (unpaired) electrons. The van der Waals surface area contributed by atoms with Gasteiger partial charge in [0.1, 0.15) is 12.6 Å². The summed E-state index contributed by atoms with van der Waals surface area (Å²) < 4.78 is 15.4. The lowest BCUT2D eigenvalue weighted by atomic mass is 10.1.